The van der Waals surface area contributed by atoms with Crippen LogP contribution in [0.5, 0.6) is 0 Å². The monoisotopic (exact) mass is 197 g/mol. The van der Waals surface area contributed by atoms with Gasteiger partial charge >= 0.3 is 5.97 Å². The molecule has 0 fully saturated rings. The Balaban J connectivity index is 3.02. The van der Waals surface area contributed by atoms with E-state index in [1.807, 2.05) is 6.92 Å². The van der Waals surface area contributed by atoms with Gasteiger partial charge < -0.3 is 15.3 Å². The molecule has 4 heteroatoms. The quantitative estimate of drug-likeness (QED) is 0.770. The smallest absolute Gasteiger partial charge is 0.305 e. The number of hydrogen-bond acceptors (Lipinski definition) is 3. The second-order valence-electron chi connectivity index (χ2n) is 3.81. The van der Waals surface area contributed by atoms with E-state index in [0.717, 1.165) is 11.3 Å². The highest BCUT2D eigenvalue weighted by molar-refractivity contribution is 5.68. The molecule has 1 atom stereocenters. The third-order valence-corrected chi connectivity index (χ3v) is 2.17. The Hall–Kier alpha value is -1.29. The average Bonchev–Trinajstić information content (AvgIpc) is 2.27. The fourth-order valence-corrected chi connectivity index (χ4v) is 1.61. The van der Waals surface area contributed by atoms with Gasteiger partial charge in [0.25, 0.3) is 0 Å². The fraction of sp³-hybridized carbons (Fsp3) is 0.500. The van der Waals surface area contributed by atoms with Crippen LogP contribution in [0.25, 0.3) is 0 Å². The maximum absolute atomic E-state index is 10.6. The Morgan fingerprint density at radius 1 is 1.64 bits per heavy atom. The number of furan rings is 1. The predicted octanol–water partition coefficient (Wildman–Crippen LogP) is 1.55. The van der Waals surface area contributed by atoms with Crippen molar-refractivity contribution in [3.8, 4) is 0 Å². The number of nitrogens with two attached hydrogens (primary N) is 1. The molecule has 14 heavy (non-hydrogen) atoms. The van der Waals surface area contributed by atoms with Gasteiger partial charge in [-0.15, -0.1) is 0 Å². The first kappa shape index (κ1) is 10.8. The number of aryl methyl sites for hydroxylation is 2. The molecule has 0 aliphatic carbocycles. The summed E-state index contributed by atoms with van der Waals surface area (Å²) in [7, 11) is 0. The number of rotatable bonds is 3. The number of hydrogen-bond donors (Lipinski definition) is 2. The summed E-state index contributed by atoms with van der Waals surface area (Å²) >= 11 is 0. The molecule has 0 bridgehead atoms. The highest BCUT2D eigenvalue weighted by atomic mass is 16.4. The average molecular weight is 197 g/mol. The van der Waals surface area contributed by atoms with Crippen molar-refractivity contribution in [2.24, 2.45) is 5.73 Å². The Labute approximate surface area is 82.7 Å². The van der Waals surface area contributed by atoms with Gasteiger partial charge in [0.1, 0.15) is 11.5 Å². The fourth-order valence-electron chi connectivity index (χ4n) is 1.61. The van der Waals surface area contributed by atoms with Gasteiger partial charge in [0.2, 0.25) is 0 Å². The van der Waals surface area contributed by atoms with E-state index in [1.54, 1.807) is 19.9 Å². The minimum absolute atomic E-state index is 0.104. The van der Waals surface area contributed by atoms with E-state index in [1.165, 1.54) is 0 Å². The first-order valence-electron chi connectivity index (χ1n) is 4.41. The van der Waals surface area contributed by atoms with Crippen LogP contribution in [-0.2, 0) is 10.3 Å². The summed E-state index contributed by atoms with van der Waals surface area (Å²) < 4.78 is 5.31. The molecule has 0 aliphatic heterocycles. The molecule has 0 aliphatic rings. The van der Waals surface area contributed by atoms with Crippen LogP contribution in [0.15, 0.2) is 10.5 Å². The van der Waals surface area contributed by atoms with Gasteiger partial charge in [-0.3, -0.25) is 4.79 Å². The van der Waals surface area contributed by atoms with Crippen molar-refractivity contribution in [1.82, 2.24) is 0 Å². The van der Waals surface area contributed by atoms with E-state index in [4.69, 9.17) is 15.3 Å². The van der Waals surface area contributed by atoms with Gasteiger partial charge in [0.15, 0.2) is 0 Å². The van der Waals surface area contributed by atoms with Crippen molar-refractivity contribution in [3.05, 3.63) is 23.2 Å². The highest BCUT2D eigenvalue weighted by Crippen LogP contribution is 2.27. The lowest BCUT2D eigenvalue weighted by atomic mass is 9.90. The van der Waals surface area contributed by atoms with E-state index < -0.39 is 11.5 Å². The van der Waals surface area contributed by atoms with Gasteiger partial charge in [0, 0.05) is 5.56 Å². The Morgan fingerprint density at radius 3 is 2.57 bits per heavy atom. The summed E-state index contributed by atoms with van der Waals surface area (Å²) in [6.07, 6.45) is -0.104. The van der Waals surface area contributed by atoms with Gasteiger partial charge in [-0.2, -0.15) is 0 Å². The van der Waals surface area contributed by atoms with Gasteiger partial charge in [0.05, 0.1) is 12.0 Å². The van der Waals surface area contributed by atoms with E-state index in [9.17, 15) is 4.79 Å². The second kappa shape index (κ2) is 3.46. The molecule has 4 nitrogen and oxygen atoms in total. The van der Waals surface area contributed by atoms with E-state index in [2.05, 4.69) is 0 Å². The maximum Gasteiger partial charge on any atom is 0.305 e. The molecule has 0 spiro atoms. The van der Waals surface area contributed by atoms with Crippen LogP contribution in [0.1, 0.15) is 30.4 Å². The Morgan fingerprint density at radius 2 is 2.21 bits per heavy atom. The van der Waals surface area contributed by atoms with Crippen LogP contribution in [0.2, 0.25) is 0 Å². The van der Waals surface area contributed by atoms with Crippen LogP contribution in [-0.4, -0.2) is 11.1 Å². The summed E-state index contributed by atoms with van der Waals surface area (Å²) in [5, 5.41) is 8.70. The summed E-state index contributed by atoms with van der Waals surface area (Å²) in [4.78, 5) is 10.6. The normalized spacial score (nSPS) is 15.1. The lowest BCUT2D eigenvalue weighted by Gasteiger charge is -2.21. The predicted molar refractivity (Wildman–Crippen MR) is 52.0 cm³/mol. The molecule has 1 aromatic heterocycles. The first-order valence-corrected chi connectivity index (χ1v) is 4.41. The molecule has 0 saturated heterocycles. The minimum atomic E-state index is -0.909. The number of aliphatic carboxylic acids is 1. The van der Waals surface area contributed by atoms with Gasteiger partial charge in [-0.1, -0.05) is 0 Å². The third kappa shape index (κ3) is 2.14. The topological polar surface area (TPSA) is 76.5 Å². The van der Waals surface area contributed by atoms with Gasteiger partial charge in [-0.25, -0.2) is 0 Å². The van der Waals surface area contributed by atoms with Crippen molar-refractivity contribution in [2.45, 2.75) is 32.7 Å². The lowest BCUT2D eigenvalue weighted by molar-refractivity contribution is -0.138. The SMILES string of the molecule is Cc1cc(C(C)(N)CC(=O)O)c(C)o1. The molecule has 0 amide bonds. The number of carboxylic acids is 1. The lowest BCUT2D eigenvalue weighted by Crippen LogP contribution is -2.35. The molecule has 1 aromatic rings. The number of carbonyl (C=O) groups is 1. The minimum Gasteiger partial charge on any atom is -0.481 e. The van der Waals surface area contributed by atoms with Crippen LogP contribution in [0.4, 0.5) is 0 Å². The van der Waals surface area contributed by atoms with E-state index >= 15 is 0 Å². The van der Waals surface area contributed by atoms with Crippen LogP contribution in [0.3, 0.4) is 0 Å². The van der Waals surface area contributed by atoms with Crippen LogP contribution in [0, 0.1) is 13.8 Å². The summed E-state index contributed by atoms with van der Waals surface area (Å²) in [5.74, 6) is 0.529. The van der Waals surface area contributed by atoms with Crippen LogP contribution < -0.4 is 5.73 Å². The Kier molecular flexibility index (Phi) is 2.66. The van der Waals surface area contributed by atoms with Gasteiger partial charge in [-0.05, 0) is 26.8 Å². The van der Waals surface area contributed by atoms with E-state index in [-0.39, 0.29) is 6.42 Å². The molecule has 0 aromatic carbocycles. The zero-order chi connectivity index (χ0) is 10.9. The van der Waals surface area contributed by atoms with Crippen molar-refractivity contribution < 1.29 is 14.3 Å². The molecule has 1 rings (SSSR count). The van der Waals surface area contributed by atoms with Crippen molar-refractivity contribution >= 4 is 5.97 Å². The molecular formula is C10H15NO3. The summed E-state index contributed by atoms with van der Waals surface area (Å²) in [6.45, 7) is 5.29. The third-order valence-electron chi connectivity index (χ3n) is 2.17. The molecule has 1 unspecified atom stereocenters. The highest BCUT2D eigenvalue weighted by Gasteiger charge is 2.28. The molecule has 0 saturated carbocycles. The molecule has 1 heterocycles. The second-order valence-corrected chi connectivity index (χ2v) is 3.81. The summed E-state index contributed by atoms with van der Waals surface area (Å²) in [5.41, 5.74) is 5.81. The number of carboxylic acid groups (broad SMARTS) is 1. The molecule has 78 valence electrons. The molecular weight excluding hydrogens is 182 g/mol. The van der Waals surface area contributed by atoms with Crippen molar-refractivity contribution in [2.75, 3.05) is 0 Å². The largest absolute Gasteiger partial charge is 0.481 e. The maximum atomic E-state index is 10.6. The molecule has 0 radical (unpaired) electrons. The molecule has 3 N–H and O–H groups in total. The zero-order valence-electron chi connectivity index (χ0n) is 8.63. The van der Waals surface area contributed by atoms with Crippen molar-refractivity contribution in [1.29, 1.82) is 0 Å². The van der Waals surface area contributed by atoms with Crippen molar-refractivity contribution in [3.63, 3.8) is 0 Å². The summed E-state index contributed by atoms with van der Waals surface area (Å²) in [6, 6.07) is 1.79. The first-order chi connectivity index (χ1) is 6.33. The van der Waals surface area contributed by atoms with E-state index in [0.29, 0.717) is 5.76 Å². The standard InChI is InChI=1S/C10H15NO3/c1-6-4-8(7(2)14-6)10(3,11)5-9(12)13/h4H,5,11H2,1-3H3,(H,12,13). The van der Waals surface area contributed by atoms with Crippen LogP contribution >= 0.6 is 0 Å². The Bertz CT molecular complexity index is 352. The zero-order valence-corrected chi connectivity index (χ0v) is 8.63.